The molecule has 0 radical (unpaired) electrons. The van der Waals surface area contributed by atoms with Crippen molar-refractivity contribution in [2.45, 2.75) is 20.3 Å². The van der Waals surface area contributed by atoms with Crippen LogP contribution < -0.4 is 9.64 Å². The molecule has 0 aliphatic carbocycles. The first-order chi connectivity index (χ1) is 11.9. The Morgan fingerprint density at radius 1 is 1.24 bits per heavy atom. The summed E-state index contributed by atoms with van der Waals surface area (Å²) in [6.45, 7) is 4.04. The van der Waals surface area contributed by atoms with Crippen molar-refractivity contribution >= 4 is 27.5 Å². The molecule has 0 bridgehead atoms. The highest BCUT2D eigenvalue weighted by Gasteiger charge is 2.17. The van der Waals surface area contributed by atoms with Gasteiger partial charge in [-0.1, -0.05) is 6.07 Å². The van der Waals surface area contributed by atoms with Crippen LogP contribution in [0.25, 0.3) is 0 Å². The van der Waals surface area contributed by atoms with Crippen molar-refractivity contribution in [3.63, 3.8) is 0 Å². The van der Waals surface area contributed by atoms with E-state index in [1.165, 1.54) is 23.1 Å². The summed E-state index contributed by atoms with van der Waals surface area (Å²) < 4.78 is 19.1. The van der Waals surface area contributed by atoms with Gasteiger partial charge in [0.2, 0.25) is 0 Å². The maximum Gasteiger partial charge on any atom is 0.264 e. The number of hydrogen-bond acceptors (Lipinski definition) is 3. The van der Waals surface area contributed by atoms with E-state index in [0.717, 1.165) is 16.8 Å². The van der Waals surface area contributed by atoms with Crippen LogP contribution in [0.4, 0.5) is 10.1 Å². The summed E-state index contributed by atoms with van der Waals surface area (Å²) in [5.74, 6) is -0.277. The number of anilines is 1. The second-order valence-corrected chi connectivity index (χ2v) is 6.44. The van der Waals surface area contributed by atoms with Gasteiger partial charge in [0.25, 0.3) is 5.91 Å². The average molecular weight is 405 g/mol. The van der Waals surface area contributed by atoms with Crippen LogP contribution in [0.2, 0.25) is 0 Å². The molecule has 0 heterocycles. The van der Waals surface area contributed by atoms with Crippen LogP contribution in [0.5, 0.6) is 5.75 Å². The molecule has 0 unspecified atom stereocenters. The number of carbonyl (C=O) groups is 1. The van der Waals surface area contributed by atoms with E-state index in [9.17, 15) is 9.18 Å². The number of nitriles is 1. The predicted molar refractivity (Wildman–Crippen MR) is 98.1 cm³/mol. The lowest BCUT2D eigenvalue weighted by Gasteiger charge is -2.23. The second kappa shape index (κ2) is 8.63. The molecule has 0 aromatic heterocycles. The Kier molecular flexibility index (Phi) is 6.54. The van der Waals surface area contributed by atoms with E-state index in [2.05, 4.69) is 22.0 Å². The minimum Gasteiger partial charge on any atom is -0.483 e. The van der Waals surface area contributed by atoms with E-state index < -0.39 is 5.82 Å². The van der Waals surface area contributed by atoms with Crippen molar-refractivity contribution in [2.75, 3.05) is 18.1 Å². The first-order valence-electron chi connectivity index (χ1n) is 7.75. The molecule has 4 nitrogen and oxygen atoms in total. The van der Waals surface area contributed by atoms with Gasteiger partial charge in [0, 0.05) is 12.2 Å². The van der Waals surface area contributed by atoms with E-state index in [4.69, 9.17) is 10.00 Å². The molecule has 0 aliphatic heterocycles. The van der Waals surface area contributed by atoms with E-state index >= 15 is 0 Å². The maximum atomic E-state index is 13.1. The molecule has 0 fully saturated rings. The lowest BCUT2D eigenvalue weighted by Crippen LogP contribution is -2.35. The summed E-state index contributed by atoms with van der Waals surface area (Å²) in [6.07, 6.45) is 0.221. The highest BCUT2D eigenvalue weighted by molar-refractivity contribution is 9.10. The SMILES string of the molecule is Cc1ccc(N(CCC#N)C(=O)COc2ccc(F)cc2Br)cc1C. The Morgan fingerprint density at radius 3 is 2.64 bits per heavy atom. The summed E-state index contributed by atoms with van der Waals surface area (Å²) in [6, 6.07) is 11.8. The van der Waals surface area contributed by atoms with Crippen molar-refractivity contribution in [1.29, 1.82) is 5.26 Å². The quantitative estimate of drug-likeness (QED) is 0.710. The molecule has 0 saturated heterocycles. The first kappa shape index (κ1) is 18.9. The molecule has 2 aromatic carbocycles. The third kappa shape index (κ3) is 5.04. The van der Waals surface area contributed by atoms with Crippen molar-refractivity contribution in [3.8, 4) is 11.8 Å². The van der Waals surface area contributed by atoms with E-state index in [0.29, 0.717) is 10.2 Å². The molecule has 130 valence electrons. The zero-order valence-electron chi connectivity index (χ0n) is 14.1. The van der Waals surface area contributed by atoms with Crippen molar-refractivity contribution in [2.24, 2.45) is 0 Å². The molecule has 0 spiro atoms. The molecule has 0 aliphatic rings. The molecule has 25 heavy (non-hydrogen) atoms. The summed E-state index contributed by atoms with van der Waals surface area (Å²) >= 11 is 3.21. The van der Waals surface area contributed by atoms with Crippen molar-refractivity contribution in [3.05, 3.63) is 57.8 Å². The summed E-state index contributed by atoms with van der Waals surface area (Å²) in [4.78, 5) is 14.1. The van der Waals surface area contributed by atoms with Crippen LogP contribution in [-0.4, -0.2) is 19.1 Å². The number of aryl methyl sites for hydroxylation is 2. The molecule has 0 N–H and O–H groups in total. The van der Waals surface area contributed by atoms with Crippen molar-refractivity contribution in [1.82, 2.24) is 0 Å². The van der Waals surface area contributed by atoms with Gasteiger partial charge in [-0.2, -0.15) is 5.26 Å². The fourth-order valence-corrected chi connectivity index (χ4v) is 2.73. The van der Waals surface area contributed by atoms with Gasteiger partial charge in [-0.15, -0.1) is 0 Å². The molecule has 6 heteroatoms. The van der Waals surface area contributed by atoms with Crippen molar-refractivity contribution < 1.29 is 13.9 Å². The highest BCUT2D eigenvalue weighted by Crippen LogP contribution is 2.26. The Labute approximate surface area is 155 Å². The van der Waals surface area contributed by atoms with Gasteiger partial charge in [-0.3, -0.25) is 4.79 Å². The normalized spacial score (nSPS) is 10.2. The Hall–Kier alpha value is -2.39. The molecular weight excluding hydrogens is 387 g/mol. The van der Waals surface area contributed by atoms with Crippen LogP contribution in [-0.2, 0) is 4.79 Å². The summed E-state index contributed by atoms with van der Waals surface area (Å²) in [5.41, 5.74) is 2.92. The van der Waals surface area contributed by atoms with Crippen LogP contribution in [0.3, 0.4) is 0 Å². The van der Waals surface area contributed by atoms with E-state index in [1.54, 1.807) is 0 Å². The lowest BCUT2D eigenvalue weighted by atomic mass is 10.1. The molecule has 0 atom stereocenters. The molecule has 2 aromatic rings. The zero-order chi connectivity index (χ0) is 18.4. The zero-order valence-corrected chi connectivity index (χ0v) is 15.6. The third-order valence-corrected chi connectivity index (χ3v) is 4.42. The first-order valence-corrected chi connectivity index (χ1v) is 8.54. The molecular formula is C19H18BrFN2O2. The van der Waals surface area contributed by atoms with Crippen LogP contribution in [0.1, 0.15) is 17.5 Å². The maximum absolute atomic E-state index is 13.1. The third-order valence-electron chi connectivity index (χ3n) is 3.80. The van der Waals surface area contributed by atoms with Crippen LogP contribution in [0, 0.1) is 31.0 Å². The van der Waals surface area contributed by atoms with Crippen LogP contribution in [0.15, 0.2) is 40.9 Å². The van der Waals surface area contributed by atoms with E-state index in [1.807, 2.05) is 32.0 Å². The number of rotatable bonds is 6. The fourth-order valence-electron chi connectivity index (χ4n) is 2.26. The number of carbonyl (C=O) groups excluding carboxylic acids is 1. The molecule has 0 saturated carbocycles. The molecule has 1 amide bonds. The monoisotopic (exact) mass is 404 g/mol. The Bertz CT molecular complexity index is 818. The van der Waals surface area contributed by atoms with Gasteiger partial charge in [-0.05, 0) is 71.2 Å². The topological polar surface area (TPSA) is 53.3 Å². The van der Waals surface area contributed by atoms with Gasteiger partial charge in [0.15, 0.2) is 6.61 Å². The summed E-state index contributed by atoms with van der Waals surface area (Å²) in [5, 5.41) is 8.85. The minimum absolute atomic E-state index is 0.206. The van der Waals surface area contributed by atoms with Gasteiger partial charge < -0.3 is 9.64 Å². The smallest absolute Gasteiger partial charge is 0.264 e. The van der Waals surface area contributed by atoms with Gasteiger partial charge in [0.1, 0.15) is 11.6 Å². The number of nitrogens with zero attached hydrogens (tertiary/aromatic N) is 2. The van der Waals surface area contributed by atoms with Gasteiger partial charge in [0.05, 0.1) is 17.0 Å². The Balaban J connectivity index is 2.15. The average Bonchev–Trinajstić information content (AvgIpc) is 2.57. The Morgan fingerprint density at radius 2 is 2.00 bits per heavy atom. The second-order valence-electron chi connectivity index (χ2n) is 5.59. The molecule has 2 rings (SSSR count). The largest absolute Gasteiger partial charge is 0.483 e. The minimum atomic E-state index is -0.392. The summed E-state index contributed by atoms with van der Waals surface area (Å²) in [7, 11) is 0. The fraction of sp³-hybridized carbons (Fsp3) is 0.263. The predicted octanol–water partition coefficient (Wildman–Crippen LogP) is 4.53. The lowest BCUT2D eigenvalue weighted by molar-refractivity contribution is -0.120. The van der Waals surface area contributed by atoms with Gasteiger partial charge in [-0.25, -0.2) is 4.39 Å². The number of amides is 1. The highest BCUT2D eigenvalue weighted by atomic mass is 79.9. The van der Waals surface area contributed by atoms with Crippen LogP contribution >= 0.6 is 15.9 Å². The number of hydrogen-bond donors (Lipinski definition) is 0. The number of halogens is 2. The number of benzene rings is 2. The standard InChI is InChI=1S/C19H18BrFN2O2/c1-13-4-6-16(10-14(13)2)23(9-3-8-22)19(24)12-25-18-7-5-15(21)11-17(18)20/h4-7,10-11H,3,9,12H2,1-2H3. The van der Waals surface area contributed by atoms with E-state index in [-0.39, 0.29) is 25.5 Å². The van der Waals surface area contributed by atoms with Gasteiger partial charge >= 0.3 is 0 Å². The number of ether oxygens (including phenoxy) is 1.